The smallest absolute Gasteiger partial charge is 0.414 e. The molecule has 1 aromatic rings. The molecule has 2 N–H and O–H groups in total. The van der Waals surface area contributed by atoms with E-state index in [4.69, 9.17) is 4.74 Å². The molecule has 128 valence electrons. The zero-order valence-electron chi connectivity index (χ0n) is 13.3. The second kappa shape index (κ2) is 6.41. The molecule has 1 aliphatic rings. The van der Waals surface area contributed by atoms with E-state index in [1.807, 2.05) is 6.92 Å². The van der Waals surface area contributed by atoms with E-state index < -0.39 is 35.5 Å². The molecule has 0 spiro atoms. The molecule has 1 amide bonds. The number of amides is 1. The van der Waals surface area contributed by atoms with Gasteiger partial charge in [-0.25, -0.2) is 13.6 Å². The highest BCUT2D eigenvalue weighted by Gasteiger charge is 2.50. The Bertz CT molecular complexity index is 606. The van der Waals surface area contributed by atoms with Crippen LogP contribution in [0.3, 0.4) is 0 Å². The Hall–Kier alpha value is -1.73. The molecule has 23 heavy (non-hydrogen) atoms. The standard InChI is InChI=1S/C16H21F2NO4/c1-4-5-6-23-15(22)19-11-8-9(17)7-10(18)12(11)13(20)14(21)16(19,2)3/h7-8,13-14,20-21H,4-6H2,1-3H3. The van der Waals surface area contributed by atoms with Crippen molar-refractivity contribution in [1.29, 1.82) is 0 Å². The summed E-state index contributed by atoms with van der Waals surface area (Å²) in [5.74, 6) is -1.90. The second-order valence-electron chi connectivity index (χ2n) is 6.17. The SMILES string of the molecule is CCCCOC(=O)N1c2cc(F)cc(F)c2C(O)C(O)C1(C)C. The monoisotopic (exact) mass is 329 g/mol. The summed E-state index contributed by atoms with van der Waals surface area (Å²) in [5, 5.41) is 20.4. The molecule has 1 aliphatic heterocycles. The molecule has 0 saturated carbocycles. The predicted octanol–water partition coefficient (Wildman–Crippen LogP) is 2.89. The van der Waals surface area contributed by atoms with Crippen LogP contribution in [-0.4, -0.2) is 34.6 Å². The van der Waals surface area contributed by atoms with E-state index in [1.165, 1.54) is 13.8 Å². The number of aliphatic hydroxyl groups is 2. The van der Waals surface area contributed by atoms with Gasteiger partial charge in [-0.05, 0) is 26.3 Å². The maximum Gasteiger partial charge on any atom is 0.414 e. The Morgan fingerprint density at radius 1 is 1.35 bits per heavy atom. The molecule has 0 radical (unpaired) electrons. The van der Waals surface area contributed by atoms with E-state index in [0.717, 1.165) is 17.4 Å². The molecule has 2 unspecified atom stereocenters. The van der Waals surface area contributed by atoms with E-state index in [1.54, 1.807) is 0 Å². The lowest BCUT2D eigenvalue weighted by molar-refractivity contribution is -0.0314. The van der Waals surface area contributed by atoms with Gasteiger partial charge in [-0.3, -0.25) is 4.90 Å². The van der Waals surface area contributed by atoms with Crippen molar-refractivity contribution in [3.8, 4) is 0 Å². The summed E-state index contributed by atoms with van der Waals surface area (Å²) in [4.78, 5) is 13.4. The van der Waals surface area contributed by atoms with Gasteiger partial charge in [-0.2, -0.15) is 0 Å². The Kier molecular flexibility index (Phi) is 4.91. The topological polar surface area (TPSA) is 70.0 Å². The number of hydrogen-bond acceptors (Lipinski definition) is 4. The molecule has 1 aromatic carbocycles. The normalized spacial score (nSPS) is 22.7. The van der Waals surface area contributed by atoms with Crippen LogP contribution in [0.15, 0.2) is 12.1 Å². The first-order valence-corrected chi connectivity index (χ1v) is 7.53. The number of anilines is 1. The number of nitrogens with zero attached hydrogens (tertiary/aromatic N) is 1. The van der Waals surface area contributed by atoms with Crippen molar-refractivity contribution in [2.75, 3.05) is 11.5 Å². The maximum atomic E-state index is 14.1. The van der Waals surface area contributed by atoms with E-state index in [0.29, 0.717) is 12.5 Å². The van der Waals surface area contributed by atoms with Gasteiger partial charge in [0, 0.05) is 11.6 Å². The first kappa shape index (κ1) is 17.6. The number of unbranched alkanes of at least 4 members (excludes halogenated alkanes) is 1. The van der Waals surface area contributed by atoms with Crippen LogP contribution in [0.2, 0.25) is 0 Å². The van der Waals surface area contributed by atoms with Crippen LogP contribution in [0.25, 0.3) is 0 Å². The van der Waals surface area contributed by atoms with Crippen molar-refractivity contribution < 1.29 is 28.5 Å². The number of halogens is 2. The zero-order chi connectivity index (χ0) is 17.4. The van der Waals surface area contributed by atoms with Crippen LogP contribution in [0.4, 0.5) is 19.3 Å². The highest BCUT2D eigenvalue weighted by atomic mass is 19.1. The zero-order valence-corrected chi connectivity index (χ0v) is 13.3. The first-order chi connectivity index (χ1) is 10.7. The van der Waals surface area contributed by atoms with E-state index >= 15 is 0 Å². The first-order valence-electron chi connectivity index (χ1n) is 7.53. The number of hydrogen-bond donors (Lipinski definition) is 2. The van der Waals surface area contributed by atoms with Gasteiger partial charge in [0.15, 0.2) is 0 Å². The van der Waals surface area contributed by atoms with Gasteiger partial charge >= 0.3 is 6.09 Å². The average Bonchev–Trinajstić information content (AvgIpc) is 2.44. The van der Waals surface area contributed by atoms with Crippen LogP contribution in [0.5, 0.6) is 0 Å². The van der Waals surface area contributed by atoms with Crippen LogP contribution < -0.4 is 4.90 Å². The average molecular weight is 329 g/mol. The molecule has 5 nitrogen and oxygen atoms in total. The molecule has 0 aliphatic carbocycles. The van der Waals surface area contributed by atoms with Gasteiger partial charge < -0.3 is 14.9 Å². The minimum atomic E-state index is -1.57. The fraction of sp³-hybridized carbons (Fsp3) is 0.562. The van der Waals surface area contributed by atoms with E-state index in [-0.39, 0.29) is 17.9 Å². The van der Waals surface area contributed by atoms with Gasteiger partial charge in [0.2, 0.25) is 0 Å². The Labute approximate surface area is 133 Å². The van der Waals surface area contributed by atoms with Crippen molar-refractivity contribution >= 4 is 11.8 Å². The van der Waals surface area contributed by atoms with Gasteiger partial charge in [0.05, 0.1) is 17.8 Å². The fourth-order valence-electron chi connectivity index (χ4n) is 2.74. The predicted molar refractivity (Wildman–Crippen MR) is 80.1 cm³/mol. The molecule has 1 heterocycles. The third kappa shape index (κ3) is 3.03. The number of carbonyl (C=O) groups excluding carboxylic acids is 1. The lowest BCUT2D eigenvalue weighted by atomic mass is 9.82. The molecule has 7 heteroatoms. The van der Waals surface area contributed by atoms with Gasteiger partial charge in [0.1, 0.15) is 23.8 Å². The summed E-state index contributed by atoms with van der Waals surface area (Å²) in [6.45, 7) is 5.08. The molecular formula is C16H21F2NO4. The molecule has 0 fully saturated rings. The minimum Gasteiger partial charge on any atom is -0.449 e. The van der Waals surface area contributed by atoms with Crippen LogP contribution in [-0.2, 0) is 4.74 Å². The summed E-state index contributed by atoms with van der Waals surface area (Å²) >= 11 is 0. The van der Waals surface area contributed by atoms with Crippen molar-refractivity contribution in [1.82, 2.24) is 0 Å². The molecule has 2 atom stereocenters. The summed E-state index contributed by atoms with van der Waals surface area (Å²) in [7, 11) is 0. The summed E-state index contributed by atoms with van der Waals surface area (Å²) in [6, 6.07) is 1.56. The van der Waals surface area contributed by atoms with Gasteiger partial charge in [-0.15, -0.1) is 0 Å². The number of fused-ring (bicyclic) bond motifs is 1. The Morgan fingerprint density at radius 2 is 2.00 bits per heavy atom. The van der Waals surface area contributed by atoms with Crippen molar-refractivity contribution in [2.24, 2.45) is 0 Å². The van der Waals surface area contributed by atoms with Crippen molar-refractivity contribution in [3.05, 3.63) is 29.3 Å². The third-order valence-electron chi connectivity index (χ3n) is 4.11. The highest BCUT2D eigenvalue weighted by molar-refractivity contribution is 5.91. The lowest BCUT2D eigenvalue weighted by Crippen LogP contribution is -2.60. The van der Waals surface area contributed by atoms with Crippen LogP contribution in [0, 0.1) is 11.6 Å². The largest absolute Gasteiger partial charge is 0.449 e. The third-order valence-corrected chi connectivity index (χ3v) is 4.11. The van der Waals surface area contributed by atoms with Crippen molar-refractivity contribution in [3.63, 3.8) is 0 Å². The molecule has 0 saturated heterocycles. The summed E-state index contributed by atoms with van der Waals surface area (Å²) in [6.07, 6.45) is -2.37. The fourth-order valence-corrected chi connectivity index (χ4v) is 2.74. The Morgan fingerprint density at radius 3 is 2.61 bits per heavy atom. The van der Waals surface area contributed by atoms with E-state index in [9.17, 15) is 23.8 Å². The van der Waals surface area contributed by atoms with Gasteiger partial charge in [0.25, 0.3) is 0 Å². The van der Waals surface area contributed by atoms with E-state index in [2.05, 4.69) is 0 Å². The highest BCUT2D eigenvalue weighted by Crippen LogP contribution is 2.44. The van der Waals surface area contributed by atoms with Crippen LogP contribution >= 0.6 is 0 Å². The number of aliphatic hydroxyl groups excluding tert-OH is 2. The Balaban J connectivity index is 2.51. The summed E-state index contributed by atoms with van der Waals surface area (Å²) in [5.41, 5.74) is -1.74. The van der Waals surface area contributed by atoms with Gasteiger partial charge in [-0.1, -0.05) is 13.3 Å². The quantitative estimate of drug-likeness (QED) is 0.837. The molecule has 0 aromatic heterocycles. The molecule has 2 rings (SSSR count). The summed E-state index contributed by atoms with van der Waals surface area (Å²) < 4.78 is 32.8. The number of benzene rings is 1. The second-order valence-corrected chi connectivity index (χ2v) is 6.17. The molecular weight excluding hydrogens is 308 g/mol. The number of carbonyl (C=O) groups is 1. The minimum absolute atomic E-state index is 0.133. The molecule has 0 bridgehead atoms. The maximum absolute atomic E-state index is 14.1. The number of ether oxygens (including phenoxy) is 1. The lowest BCUT2D eigenvalue weighted by Gasteiger charge is -2.47. The van der Waals surface area contributed by atoms with Crippen LogP contribution in [0.1, 0.15) is 45.3 Å². The number of rotatable bonds is 3. The van der Waals surface area contributed by atoms with Crippen molar-refractivity contribution in [2.45, 2.75) is 51.4 Å².